The molecule has 1 N–H and O–H groups in total. The minimum atomic E-state index is 0.302. The van der Waals surface area contributed by atoms with Crippen LogP contribution < -0.4 is 5.32 Å². The van der Waals surface area contributed by atoms with Gasteiger partial charge in [0.05, 0.1) is 21.3 Å². The van der Waals surface area contributed by atoms with Crippen LogP contribution in [0.25, 0.3) is 10.6 Å². The molecular weight excluding hydrogens is 442 g/mol. The minimum absolute atomic E-state index is 0.302. The van der Waals surface area contributed by atoms with Gasteiger partial charge in [-0.05, 0) is 50.7 Å². The van der Waals surface area contributed by atoms with Crippen molar-refractivity contribution in [3.63, 3.8) is 0 Å². The van der Waals surface area contributed by atoms with Crippen LogP contribution in [-0.2, 0) is 9.59 Å². The highest BCUT2D eigenvalue weighted by atomic mass is 32.1. The fourth-order valence-electron chi connectivity index (χ4n) is 4.10. The number of Topliss-reactive ketones (excluding diaryl/α,β-unsaturated/α-hetero) is 1. The second kappa shape index (κ2) is 9.46. The number of likely N-dealkylation sites (tertiary alicyclic amines) is 1. The van der Waals surface area contributed by atoms with Crippen molar-refractivity contribution in [1.29, 1.82) is 0 Å². The first-order valence-electron chi connectivity index (χ1n) is 10.7. The molecule has 3 aromatic rings. The fourth-order valence-corrected chi connectivity index (χ4v) is 5.76. The van der Waals surface area contributed by atoms with Gasteiger partial charge in [0.2, 0.25) is 6.41 Å². The summed E-state index contributed by atoms with van der Waals surface area (Å²) in [6.07, 6.45) is 6.33. The van der Waals surface area contributed by atoms with E-state index in [1.165, 1.54) is 0 Å². The lowest BCUT2D eigenvalue weighted by atomic mass is 9.62. The Balaban J connectivity index is 0.000000174. The van der Waals surface area contributed by atoms with E-state index in [-0.39, 0.29) is 0 Å². The minimum Gasteiger partial charge on any atom is -0.345 e. The molecule has 1 saturated carbocycles. The Morgan fingerprint density at radius 3 is 2.44 bits per heavy atom. The van der Waals surface area contributed by atoms with Crippen LogP contribution in [0.1, 0.15) is 41.9 Å². The molecule has 4 heterocycles. The van der Waals surface area contributed by atoms with Gasteiger partial charge in [-0.15, -0.1) is 22.7 Å². The first-order valence-corrected chi connectivity index (χ1v) is 12.4. The van der Waals surface area contributed by atoms with E-state index in [2.05, 4.69) is 25.6 Å². The molecule has 1 aliphatic carbocycles. The summed E-state index contributed by atoms with van der Waals surface area (Å²) < 4.78 is 0. The molecule has 1 saturated heterocycles. The molecule has 1 spiro atoms. The first-order chi connectivity index (χ1) is 15.4. The highest BCUT2D eigenvalue weighted by Gasteiger charge is 2.44. The van der Waals surface area contributed by atoms with Crippen LogP contribution in [0.2, 0.25) is 0 Å². The van der Waals surface area contributed by atoms with Gasteiger partial charge in [-0.3, -0.25) is 9.59 Å². The summed E-state index contributed by atoms with van der Waals surface area (Å²) >= 11 is 3.26. The summed E-state index contributed by atoms with van der Waals surface area (Å²) in [4.78, 5) is 37.6. The van der Waals surface area contributed by atoms with Crippen LogP contribution in [0.15, 0.2) is 23.7 Å². The van der Waals surface area contributed by atoms with Crippen LogP contribution in [0.3, 0.4) is 0 Å². The molecule has 168 valence electrons. The van der Waals surface area contributed by atoms with Gasteiger partial charge < -0.3 is 10.2 Å². The number of aryl methyl sites for hydroxylation is 3. The maximum Gasteiger partial charge on any atom is 0.209 e. The highest BCUT2D eigenvalue weighted by molar-refractivity contribution is 7.16. The molecule has 0 unspecified atom stereocenters. The lowest BCUT2D eigenvalue weighted by Crippen LogP contribution is -2.46. The zero-order valence-electron chi connectivity index (χ0n) is 18.6. The van der Waals surface area contributed by atoms with Crippen molar-refractivity contribution in [2.45, 2.75) is 46.5 Å². The summed E-state index contributed by atoms with van der Waals surface area (Å²) in [5.41, 5.74) is 3.47. The average Bonchev–Trinajstić information content (AvgIpc) is 3.35. The Bertz CT molecular complexity index is 1090. The number of rotatable bonds is 4. The van der Waals surface area contributed by atoms with Crippen molar-refractivity contribution >= 4 is 45.8 Å². The SMILES string of the molecule is Cc1ccc(Nc2nc(-c3sc(C)nc3C)cs2)nc1.O=CN1CCC2(CC1)CC(=O)C2. The number of hydrogen-bond donors (Lipinski definition) is 1. The summed E-state index contributed by atoms with van der Waals surface area (Å²) in [5.74, 6) is 1.21. The molecule has 0 radical (unpaired) electrons. The van der Waals surface area contributed by atoms with E-state index in [0.29, 0.717) is 11.2 Å². The van der Waals surface area contributed by atoms with E-state index in [1.807, 2.05) is 39.1 Å². The van der Waals surface area contributed by atoms with Crippen molar-refractivity contribution in [3.05, 3.63) is 40.0 Å². The van der Waals surface area contributed by atoms with Gasteiger partial charge in [-0.1, -0.05) is 6.07 Å². The smallest absolute Gasteiger partial charge is 0.209 e. The van der Waals surface area contributed by atoms with E-state index in [4.69, 9.17) is 0 Å². The molecule has 7 nitrogen and oxygen atoms in total. The largest absolute Gasteiger partial charge is 0.345 e. The standard InChI is InChI=1S/C14H14N4S2.C9H13NO2/c1-8-4-5-12(15-6-8)18-14-17-11(7-19-14)13-9(2)16-10(3)20-13;11-7-10-3-1-9(2-4-10)5-8(12)6-9/h4-7H,1-3H3,(H,15,17,18);7H,1-6H2. The third-order valence-corrected chi connectivity index (χ3v) is 7.79. The number of hydrogen-bond acceptors (Lipinski definition) is 8. The van der Waals surface area contributed by atoms with Crippen molar-refractivity contribution < 1.29 is 9.59 Å². The molecule has 1 aliphatic heterocycles. The number of amides is 1. The maximum atomic E-state index is 10.8. The summed E-state index contributed by atoms with van der Waals surface area (Å²) in [6, 6.07) is 3.99. The lowest BCUT2D eigenvalue weighted by molar-refractivity contribution is -0.136. The number of ketones is 1. The Morgan fingerprint density at radius 1 is 1.12 bits per heavy atom. The van der Waals surface area contributed by atoms with Gasteiger partial charge in [-0.25, -0.2) is 15.0 Å². The van der Waals surface area contributed by atoms with Gasteiger partial charge in [0.1, 0.15) is 11.6 Å². The Hall–Kier alpha value is -2.65. The van der Waals surface area contributed by atoms with Crippen molar-refractivity contribution in [3.8, 4) is 10.6 Å². The number of piperidine rings is 1. The second-order valence-corrected chi connectivity index (χ2v) is 10.6. The number of carbonyl (C=O) groups excluding carboxylic acids is 2. The Morgan fingerprint density at radius 2 is 1.88 bits per heavy atom. The number of nitrogens with zero attached hydrogens (tertiary/aromatic N) is 4. The van der Waals surface area contributed by atoms with Gasteiger partial charge in [0, 0.05) is 37.5 Å². The molecular formula is C23H27N5O2S2. The quantitative estimate of drug-likeness (QED) is 0.546. The predicted molar refractivity (Wildman–Crippen MR) is 128 cm³/mol. The fraction of sp³-hybridized carbons (Fsp3) is 0.435. The second-order valence-electron chi connectivity index (χ2n) is 8.56. The van der Waals surface area contributed by atoms with E-state index in [9.17, 15) is 9.59 Å². The van der Waals surface area contributed by atoms with Gasteiger partial charge in [0.25, 0.3) is 0 Å². The molecule has 0 atom stereocenters. The number of carbonyl (C=O) groups is 2. The first kappa shape index (κ1) is 22.5. The van der Waals surface area contributed by atoms with Crippen LogP contribution in [-0.4, -0.2) is 45.1 Å². The normalized spacial score (nSPS) is 16.8. The summed E-state index contributed by atoms with van der Waals surface area (Å²) in [5, 5.41) is 7.20. The van der Waals surface area contributed by atoms with Crippen molar-refractivity contribution in [2.24, 2.45) is 5.41 Å². The van der Waals surface area contributed by atoms with Gasteiger partial charge in [0.15, 0.2) is 5.13 Å². The van der Waals surface area contributed by atoms with E-state index < -0.39 is 0 Å². The number of pyridine rings is 1. The van der Waals surface area contributed by atoms with Crippen LogP contribution in [0.4, 0.5) is 10.9 Å². The Kier molecular flexibility index (Phi) is 6.66. The van der Waals surface area contributed by atoms with E-state index >= 15 is 0 Å². The average molecular weight is 470 g/mol. The third-order valence-electron chi connectivity index (χ3n) is 5.94. The number of anilines is 2. The Labute approximate surface area is 195 Å². The van der Waals surface area contributed by atoms with Crippen LogP contribution in [0.5, 0.6) is 0 Å². The molecule has 3 aromatic heterocycles. The maximum absolute atomic E-state index is 10.8. The van der Waals surface area contributed by atoms with Crippen LogP contribution in [0, 0.1) is 26.2 Å². The van der Waals surface area contributed by atoms with E-state index in [1.54, 1.807) is 27.6 Å². The zero-order chi connectivity index (χ0) is 22.7. The summed E-state index contributed by atoms with van der Waals surface area (Å²) in [6.45, 7) is 7.75. The monoisotopic (exact) mass is 469 g/mol. The molecule has 2 fully saturated rings. The number of aromatic nitrogens is 3. The molecule has 0 bridgehead atoms. The van der Waals surface area contributed by atoms with Crippen molar-refractivity contribution in [1.82, 2.24) is 19.9 Å². The third kappa shape index (κ3) is 5.21. The summed E-state index contributed by atoms with van der Waals surface area (Å²) in [7, 11) is 0. The molecule has 0 aromatic carbocycles. The van der Waals surface area contributed by atoms with Crippen LogP contribution >= 0.6 is 22.7 Å². The predicted octanol–water partition coefficient (Wildman–Crippen LogP) is 4.92. The lowest BCUT2D eigenvalue weighted by Gasteiger charge is -2.45. The number of nitrogens with one attached hydrogen (secondary N) is 1. The van der Waals surface area contributed by atoms with Gasteiger partial charge >= 0.3 is 0 Å². The zero-order valence-corrected chi connectivity index (χ0v) is 20.2. The highest BCUT2D eigenvalue weighted by Crippen LogP contribution is 2.46. The molecule has 9 heteroatoms. The van der Waals surface area contributed by atoms with Gasteiger partial charge in [-0.2, -0.15) is 0 Å². The molecule has 32 heavy (non-hydrogen) atoms. The van der Waals surface area contributed by atoms with Crippen molar-refractivity contribution in [2.75, 3.05) is 18.4 Å². The number of thiazole rings is 2. The molecule has 2 aliphatic rings. The van der Waals surface area contributed by atoms with E-state index in [0.717, 1.165) is 83.0 Å². The molecule has 5 rings (SSSR count). The topological polar surface area (TPSA) is 88.1 Å². The molecule has 1 amide bonds.